The topological polar surface area (TPSA) is 119 Å². The molecule has 4 aromatic rings. The monoisotopic (exact) mass is 449 g/mol. The molecule has 0 aromatic carbocycles. The molecular weight excluding hydrogens is 422 g/mol. The Bertz CT molecular complexity index is 1400. The minimum Gasteiger partial charge on any atom is -0.385 e. The minimum atomic E-state index is -0.393. The van der Waals surface area contributed by atoms with Crippen LogP contribution in [0.5, 0.6) is 0 Å². The van der Waals surface area contributed by atoms with Gasteiger partial charge in [0.05, 0.1) is 17.3 Å². The van der Waals surface area contributed by atoms with E-state index in [4.69, 9.17) is 10.1 Å². The molecule has 10 heteroatoms. The van der Waals surface area contributed by atoms with Crippen LogP contribution in [0.2, 0.25) is 0 Å². The molecule has 0 fully saturated rings. The number of hydrogen-bond donors (Lipinski definition) is 2. The van der Waals surface area contributed by atoms with Crippen LogP contribution < -0.4 is 16.4 Å². The van der Waals surface area contributed by atoms with Gasteiger partial charge in [-0.25, -0.2) is 9.97 Å². The lowest BCUT2D eigenvalue weighted by atomic mass is 10.2. The van der Waals surface area contributed by atoms with Crippen molar-refractivity contribution in [3.05, 3.63) is 70.1 Å². The van der Waals surface area contributed by atoms with Crippen molar-refractivity contribution in [3.8, 4) is 0 Å². The van der Waals surface area contributed by atoms with Gasteiger partial charge in [-0.1, -0.05) is 6.07 Å². The zero-order chi connectivity index (χ0) is 23.4. The molecule has 4 rings (SSSR count). The van der Waals surface area contributed by atoms with Gasteiger partial charge in [-0.2, -0.15) is 0 Å². The molecule has 0 unspecified atom stereocenters. The van der Waals surface area contributed by atoms with Gasteiger partial charge in [-0.05, 0) is 37.5 Å². The lowest BCUT2D eigenvalue weighted by Crippen LogP contribution is -2.35. The van der Waals surface area contributed by atoms with E-state index in [1.165, 1.54) is 10.5 Å². The molecular formula is C23H27N7O3. The third-order valence-corrected chi connectivity index (χ3v) is 5.47. The first-order valence-electron chi connectivity index (χ1n) is 10.8. The van der Waals surface area contributed by atoms with E-state index in [0.717, 1.165) is 5.56 Å². The van der Waals surface area contributed by atoms with Crippen molar-refractivity contribution in [2.75, 3.05) is 20.3 Å². The lowest BCUT2D eigenvalue weighted by molar-refractivity contribution is 0.0946. The molecule has 2 N–H and O–H groups in total. The Morgan fingerprint density at radius 2 is 2.09 bits per heavy atom. The summed E-state index contributed by atoms with van der Waals surface area (Å²) < 4.78 is 10.1. The Morgan fingerprint density at radius 1 is 1.24 bits per heavy atom. The van der Waals surface area contributed by atoms with Crippen molar-refractivity contribution in [2.24, 2.45) is 0 Å². The largest absolute Gasteiger partial charge is 0.385 e. The average Bonchev–Trinajstić information content (AvgIpc) is 3.32. The van der Waals surface area contributed by atoms with E-state index in [-0.39, 0.29) is 16.6 Å². The van der Waals surface area contributed by atoms with E-state index in [1.807, 2.05) is 23.8 Å². The number of amides is 1. The number of carbonyl (C=O) groups excluding carboxylic acids is 1. The molecule has 0 saturated carbocycles. The first-order valence-corrected chi connectivity index (χ1v) is 10.8. The molecule has 0 aliphatic rings. The number of methoxy groups -OCH3 is 1. The summed E-state index contributed by atoms with van der Waals surface area (Å²) in [5.74, 6) is -0.393. The van der Waals surface area contributed by atoms with E-state index < -0.39 is 5.91 Å². The average molecular weight is 450 g/mol. The molecule has 4 heterocycles. The predicted octanol–water partition coefficient (Wildman–Crippen LogP) is 1.49. The van der Waals surface area contributed by atoms with Crippen LogP contribution in [-0.4, -0.2) is 49.7 Å². The van der Waals surface area contributed by atoms with Crippen molar-refractivity contribution in [1.29, 1.82) is 5.41 Å². The second-order valence-corrected chi connectivity index (χ2v) is 7.90. The van der Waals surface area contributed by atoms with Crippen LogP contribution >= 0.6 is 0 Å². The van der Waals surface area contributed by atoms with Crippen LogP contribution in [0.3, 0.4) is 0 Å². The Kier molecular flexibility index (Phi) is 6.64. The number of nitrogens with one attached hydrogen (secondary N) is 2. The minimum absolute atomic E-state index is 0.0285. The highest BCUT2D eigenvalue weighted by Crippen LogP contribution is 2.12. The normalized spacial score (nSPS) is 11.3. The summed E-state index contributed by atoms with van der Waals surface area (Å²) in [6.45, 7) is 3.95. The van der Waals surface area contributed by atoms with Gasteiger partial charge in [0.1, 0.15) is 16.8 Å². The molecule has 0 saturated heterocycles. The number of imidazole rings is 1. The highest BCUT2D eigenvalue weighted by molar-refractivity contribution is 5.96. The van der Waals surface area contributed by atoms with Crippen molar-refractivity contribution in [3.63, 3.8) is 0 Å². The van der Waals surface area contributed by atoms with Gasteiger partial charge in [0.2, 0.25) is 0 Å². The zero-order valence-corrected chi connectivity index (χ0v) is 18.7. The maximum Gasteiger partial charge on any atom is 0.267 e. The Labute approximate surface area is 190 Å². The van der Waals surface area contributed by atoms with Gasteiger partial charge >= 0.3 is 0 Å². The van der Waals surface area contributed by atoms with Gasteiger partial charge in [0, 0.05) is 51.9 Å². The number of pyridine rings is 2. The highest BCUT2D eigenvalue weighted by Gasteiger charge is 2.17. The standard InChI is InChI=1S/C23H27N7O3/c1-16-5-6-19-27-21-18(23(32)30(19)14-16)13-17(22(31)26-7-3-12-33-2)20(24)29(21)10-4-9-28-11-8-25-15-28/h5-6,8,11,13-15,24H,3-4,7,9-10,12H2,1-2H3,(H,26,31). The zero-order valence-electron chi connectivity index (χ0n) is 18.7. The van der Waals surface area contributed by atoms with Crippen LogP contribution in [-0.2, 0) is 17.8 Å². The number of aromatic nitrogens is 5. The molecule has 0 spiro atoms. The van der Waals surface area contributed by atoms with Crippen molar-refractivity contribution in [2.45, 2.75) is 32.9 Å². The summed E-state index contributed by atoms with van der Waals surface area (Å²) in [4.78, 5) is 34.9. The molecule has 10 nitrogen and oxygen atoms in total. The molecule has 0 radical (unpaired) electrons. The third kappa shape index (κ3) is 4.70. The Hall–Kier alpha value is -3.79. The first kappa shape index (κ1) is 22.4. The fourth-order valence-electron chi connectivity index (χ4n) is 3.78. The van der Waals surface area contributed by atoms with Gasteiger partial charge in [-0.3, -0.25) is 19.4 Å². The summed E-state index contributed by atoms with van der Waals surface area (Å²) in [6, 6.07) is 5.16. The van der Waals surface area contributed by atoms with E-state index >= 15 is 0 Å². The molecule has 172 valence electrons. The van der Waals surface area contributed by atoms with Crippen LogP contribution in [0.15, 0.2) is 47.9 Å². The van der Waals surface area contributed by atoms with Crippen molar-refractivity contribution in [1.82, 2.24) is 28.8 Å². The molecule has 33 heavy (non-hydrogen) atoms. The van der Waals surface area contributed by atoms with Crippen LogP contribution in [0, 0.1) is 12.3 Å². The maximum atomic E-state index is 13.3. The summed E-state index contributed by atoms with van der Waals surface area (Å²) in [6.07, 6.45) is 8.37. The van der Waals surface area contributed by atoms with Crippen LogP contribution in [0.25, 0.3) is 16.7 Å². The van der Waals surface area contributed by atoms with Crippen molar-refractivity contribution >= 4 is 22.6 Å². The van der Waals surface area contributed by atoms with E-state index in [0.29, 0.717) is 55.8 Å². The molecule has 0 atom stereocenters. The quantitative estimate of drug-likeness (QED) is 0.296. The third-order valence-electron chi connectivity index (χ3n) is 5.47. The molecule has 0 aliphatic carbocycles. The number of rotatable bonds is 9. The number of nitrogens with zero attached hydrogens (tertiary/aromatic N) is 5. The second-order valence-electron chi connectivity index (χ2n) is 7.90. The fourth-order valence-corrected chi connectivity index (χ4v) is 3.78. The second kappa shape index (κ2) is 9.78. The van der Waals surface area contributed by atoms with Gasteiger partial charge < -0.3 is 19.2 Å². The van der Waals surface area contributed by atoms with Gasteiger partial charge in [0.25, 0.3) is 11.5 Å². The molecule has 1 amide bonds. The molecule has 4 aromatic heterocycles. The molecule has 0 aliphatic heterocycles. The summed E-state index contributed by atoms with van der Waals surface area (Å²) >= 11 is 0. The molecule has 0 bridgehead atoms. The summed E-state index contributed by atoms with van der Waals surface area (Å²) in [5.41, 5.74) is 1.73. The van der Waals surface area contributed by atoms with Crippen LogP contribution in [0.1, 0.15) is 28.8 Å². The van der Waals surface area contributed by atoms with Gasteiger partial charge in [-0.15, -0.1) is 0 Å². The number of ether oxygens (including phenoxy) is 1. The summed E-state index contributed by atoms with van der Waals surface area (Å²) in [5, 5.41) is 11.9. The number of carbonyl (C=O) groups is 1. The van der Waals surface area contributed by atoms with E-state index in [1.54, 1.807) is 36.5 Å². The maximum absolute atomic E-state index is 13.3. The highest BCUT2D eigenvalue weighted by atomic mass is 16.5. The van der Waals surface area contributed by atoms with Crippen LogP contribution in [0.4, 0.5) is 0 Å². The number of aryl methyl sites for hydroxylation is 3. The van der Waals surface area contributed by atoms with E-state index in [2.05, 4.69) is 15.3 Å². The number of fused-ring (bicyclic) bond motifs is 2. The fraction of sp³-hybridized carbons (Fsp3) is 0.348. The SMILES string of the molecule is COCCCNC(=O)c1cc2c(=O)n3cc(C)ccc3nc2n(CCCn2ccnc2)c1=N. The lowest BCUT2D eigenvalue weighted by Gasteiger charge is -2.15. The smallest absolute Gasteiger partial charge is 0.267 e. The Morgan fingerprint density at radius 3 is 2.85 bits per heavy atom. The van der Waals surface area contributed by atoms with Gasteiger partial charge in [0.15, 0.2) is 0 Å². The Balaban J connectivity index is 1.80. The summed E-state index contributed by atoms with van der Waals surface area (Å²) in [7, 11) is 1.60. The van der Waals surface area contributed by atoms with Crippen molar-refractivity contribution < 1.29 is 9.53 Å². The predicted molar refractivity (Wildman–Crippen MR) is 123 cm³/mol. The number of hydrogen-bond acceptors (Lipinski definition) is 6. The van der Waals surface area contributed by atoms with E-state index in [9.17, 15) is 9.59 Å². The first-order chi connectivity index (χ1) is 16.0.